The van der Waals surface area contributed by atoms with Gasteiger partial charge in [-0.3, -0.25) is 0 Å². The lowest BCUT2D eigenvalue weighted by Gasteiger charge is -2.24. The minimum absolute atomic E-state index is 0.230. The average Bonchev–Trinajstić information content (AvgIpc) is 2.85. The third-order valence-corrected chi connectivity index (χ3v) is 6.77. The Morgan fingerprint density at radius 1 is 1.44 bits per heavy atom. The molecule has 0 spiro atoms. The van der Waals surface area contributed by atoms with Crippen LogP contribution in [-0.4, -0.2) is 18.9 Å². The molecule has 2 rings (SSSR count). The third kappa shape index (κ3) is 2.90. The number of sulfonamides is 1. The predicted octanol–water partition coefficient (Wildman–Crippen LogP) is 1.99. The standard InChI is InChI=1S/C11H16N2O2S3/c1-11(6-2-3-7-11)13-18(14,15)9-5-4-8(17-9)10(12)16/h4-5,13H,2-3,6-7H2,1H3,(H2,12,16). The molecule has 0 amide bonds. The monoisotopic (exact) mass is 304 g/mol. The highest BCUT2D eigenvalue weighted by molar-refractivity contribution is 7.91. The van der Waals surface area contributed by atoms with Crippen LogP contribution in [0.3, 0.4) is 0 Å². The topological polar surface area (TPSA) is 72.2 Å². The van der Waals surface area contributed by atoms with Gasteiger partial charge >= 0.3 is 0 Å². The summed E-state index contributed by atoms with van der Waals surface area (Å²) in [5.74, 6) is 0. The molecule has 0 bridgehead atoms. The molecule has 1 aromatic heterocycles. The van der Waals surface area contributed by atoms with Gasteiger partial charge in [0.25, 0.3) is 10.0 Å². The first kappa shape index (κ1) is 13.9. The van der Waals surface area contributed by atoms with E-state index in [0.29, 0.717) is 4.88 Å². The van der Waals surface area contributed by atoms with Crippen LogP contribution in [0.2, 0.25) is 0 Å². The second kappa shape index (κ2) is 4.88. The van der Waals surface area contributed by atoms with Crippen molar-refractivity contribution in [2.24, 2.45) is 5.73 Å². The summed E-state index contributed by atoms with van der Waals surface area (Å²) in [6, 6.07) is 3.21. The lowest BCUT2D eigenvalue weighted by Crippen LogP contribution is -2.43. The molecule has 0 atom stereocenters. The van der Waals surface area contributed by atoms with Crippen LogP contribution >= 0.6 is 23.6 Å². The molecule has 7 heteroatoms. The van der Waals surface area contributed by atoms with Gasteiger partial charge in [-0.2, -0.15) is 0 Å². The van der Waals surface area contributed by atoms with Crippen molar-refractivity contribution in [2.45, 2.75) is 42.4 Å². The Morgan fingerprint density at radius 3 is 2.56 bits per heavy atom. The van der Waals surface area contributed by atoms with Gasteiger partial charge < -0.3 is 5.73 Å². The lowest BCUT2D eigenvalue weighted by molar-refractivity contribution is 0.428. The molecule has 0 radical (unpaired) electrons. The predicted molar refractivity (Wildman–Crippen MR) is 77.4 cm³/mol. The van der Waals surface area contributed by atoms with Crippen LogP contribution in [-0.2, 0) is 10.0 Å². The molecule has 1 aromatic rings. The second-order valence-electron chi connectivity index (χ2n) is 4.86. The minimum atomic E-state index is -3.46. The number of nitrogens with one attached hydrogen (secondary N) is 1. The van der Waals surface area contributed by atoms with Crippen molar-refractivity contribution < 1.29 is 8.42 Å². The number of nitrogens with two attached hydrogens (primary N) is 1. The van der Waals surface area contributed by atoms with Gasteiger partial charge in [-0.15, -0.1) is 11.3 Å². The van der Waals surface area contributed by atoms with Gasteiger partial charge in [0.05, 0.1) is 4.88 Å². The van der Waals surface area contributed by atoms with Crippen molar-refractivity contribution >= 4 is 38.6 Å². The van der Waals surface area contributed by atoms with Crippen LogP contribution < -0.4 is 10.5 Å². The van der Waals surface area contributed by atoms with Gasteiger partial charge in [0.1, 0.15) is 9.20 Å². The second-order valence-corrected chi connectivity index (χ2v) is 8.29. The van der Waals surface area contributed by atoms with Crippen molar-refractivity contribution in [3.8, 4) is 0 Å². The van der Waals surface area contributed by atoms with Crippen LogP contribution in [0, 0.1) is 0 Å². The highest BCUT2D eigenvalue weighted by Gasteiger charge is 2.34. The van der Waals surface area contributed by atoms with E-state index in [9.17, 15) is 8.42 Å². The summed E-state index contributed by atoms with van der Waals surface area (Å²) in [7, 11) is -3.46. The normalized spacial score (nSPS) is 18.9. The molecule has 0 aromatic carbocycles. The summed E-state index contributed by atoms with van der Waals surface area (Å²) in [6.07, 6.45) is 3.92. The van der Waals surface area contributed by atoms with E-state index < -0.39 is 10.0 Å². The Labute approximate surface area is 117 Å². The Kier molecular flexibility index (Phi) is 3.77. The quantitative estimate of drug-likeness (QED) is 0.835. The first-order valence-electron chi connectivity index (χ1n) is 5.76. The Morgan fingerprint density at radius 2 is 2.06 bits per heavy atom. The molecule has 1 saturated carbocycles. The summed E-state index contributed by atoms with van der Waals surface area (Å²) >= 11 is 5.95. The maximum Gasteiger partial charge on any atom is 0.250 e. The molecular weight excluding hydrogens is 288 g/mol. The number of thiophene rings is 1. The van der Waals surface area contributed by atoms with Gasteiger partial charge in [0.2, 0.25) is 0 Å². The maximum absolute atomic E-state index is 12.2. The number of hydrogen-bond donors (Lipinski definition) is 2. The van der Waals surface area contributed by atoms with Crippen LogP contribution in [0.25, 0.3) is 0 Å². The molecule has 100 valence electrons. The summed E-state index contributed by atoms with van der Waals surface area (Å²) in [4.78, 5) is 0.857. The maximum atomic E-state index is 12.2. The highest BCUT2D eigenvalue weighted by Crippen LogP contribution is 2.31. The molecule has 3 N–H and O–H groups in total. The molecule has 1 heterocycles. The third-order valence-electron chi connectivity index (χ3n) is 3.18. The molecular formula is C11H16N2O2S3. The number of thiocarbonyl (C=S) groups is 1. The smallest absolute Gasteiger partial charge is 0.250 e. The Bertz CT molecular complexity index is 557. The zero-order chi connectivity index (χ0) is 13.4. The van der Waals surface area contributed by atoms with E-state index in [4.69, 9.17) is 18.0 Å². The Balaban J connectivity index is 2.22. The molecule has 1 aliphatic carbocycles. The van der Waals surface area contributed by atoms with E-state index >= 15 is 0 Å². The first-order valence-corrected chi connectivity index (χ1v) is 8.47. The average molecular weight is 304 g/mol. The number of rotatable bonds is 4. The van der Waals surface area contributed by atoms with E-state index in [1.54, 1.807) is 12.1 Å². The van der Waals surface area contributed by atoms with E-state index in [2.05, 4.69) is 4.72 Å². The van der Waals surface area contributed by atoms with Crippen LogP contribution in [0.4, 0.5) is 0 Å². The largest absolute Gasteiger partial charge is 0.389 e. The fourth-order valence-electron chi connectivity index (χ4n) is 2.23. The van der Waals surface area contributed by atoms with Crippen LogP contribution in [0.5, 0.6) is 0 Å². The van der Waals surface area contributed by atoms with Gasteiger partial charge in [0, 0.05) is 5.54 Å². The van der Waals surface area contributed by atoms with E-state index in [0.717, 1.165) is 37.0 Å². The molecule has 0 unspecified atom stereocenters. The van der Waals surface area contributed by atoms with Crippen molar-refractivity contribution in [3.05, 3.63) is 17.0 Å². The lowest BCUT2D eigenvalue weighted by atomic mass is 10.0. The summed E-state index contributed by atoms with van der Waals surface area (Å²) in [5.41, 5.74) is 5.17. The molecule has 4 nitrogen and oxygen atoms in total. The van der Waals surface area contributed by atoms with Crippen molar-refractivity contribution in [2.75, 3.05) is 0 Å². The van der Waals surface area contributed by atoms with E-state index in [1.807, 2.05) is 6.92 Å². The van der Waals surface area contributed by atoms with Crippen LogP contribution in [0.1, 0.15) is 37.5 Å². The van der Waals surface area contributed by atoms with E-state index in [-0.39, 0.29) is 14.7 Å². The molecule has 0 saturated heterocycles. The molecule has 18 heavy (non-hydrogen) atoms. The van der Waals surface area contributed by atoms with Crippen LogP contribution in [0.15, 0.2) is 16.3 Å². The fraction of sp³-hybridized carbons (Fsp3) is 0.545. The molecule has 1 aliphatic rings. The minimum Gasteiger partial charge on any atom is -0.389 e. The first-order chi connectivity index (χ1) is 8.32. The van der Waals surface area contributed by atoms with Crippen molar-refractivity contribution in [1.29, 1.82) is 0 Å². The zero-order valence-corrected chi connectivity index (χ0v) is 12.6. The van der Waals surface area contributed by atoms with Gasteiger partial charge in [0.15, 0.2) is 0 Å². The van der Waals surface area contributed by atoms with E-state index in [1.165, 1.54) is 0 Å². The van der Waals surface area contributed by atoms with Crippen molar-refractivity contribution in [1.82, 2.24) is 4.72 Å². The Hall–Kier alpha value is -0.500. The van der Waals surface area contributed by atoms with Gasteiger partial charge in [-0.05, 0) is 31.9 Å². The zero-order valence-electron chi connectivity index (χ0n) is 10.1. The van der Waals surface area contributed by atoms with Gasteiger partial charge in [-0.1, -0.05) is 25.1 Å². The number of hydrogen-bond acceptors (Lipinski definition) is 4. The highest BCUT2D eigenvalue weighted by atomic mass is 32.2. The summed E-state index contributed by atoms with van der Waals surface area (Å²) in [6.45, 7) is 1.96. The van der Waals surface area contributed by atoms with Crippen molar-refractivity contribution in [3.63, 3.8) is 0 Å². The summed E-state index contributed by atoms with van der Waals surface area (Å²) in [5, 5.41) is 0. The fourth-order valence-corrected chi connectivity index (χ4v) is 5.05. The molecule has 1 fully saturated rings. The SMILES string of the molecule is CC1(NS(=O)(=O)c2ccc(C(N)=S)s2)CCCC1. The molecule has 0 aliphatic heterocycles. The van der Waals surface area contributed by atoms with Gasteiger partial charge in [-0.25, -0.2) is 13.1 Å². The summed E-state index contributed by atoms with van der Waals surface area (Å²) < 4.78 is 27.6.